The highest BCUT2D eigenvalue weighted by molar-refractivity contribution is 5.75. The third kappa shape index (κ3) is 4.91. The largest absolute Gasteiger partial charge is 0.350 e. The van der Waals surface area contributed by atoms with Gasteiger partial charge in [-0.2, -0.15) is 5.21 Å². The van der Waals surface area contributed by atoms with Gasteiger partial charge in [0.25, 0.3) is 0 Å². The molecule has 0 spiro atoms. The molecule has 0 atom stereocenters. The third-order valence-corrected chi connectivity index (χ3v) is 4.19. The predicted molar refractivity (Wildman–Crippen MR) is 95.9 cm³/mol. The average Bonchev–Trinajstić information content (AvgIpc) is 3.33. The van der Waals surface area contributed by atoms with E-state index in [1.54, 1.807) is 0 Å². The minimum Gasteiger partial charge on any atom is -0.350 e. The second-order valence-corrected chi connectivity index (χ2v) is 6.47. The molecule has 1 aromatic carbocycles. The van der Waals surface area contributed by atoms with Crippen molar-refractivity contribution >= 4 is 5.91 Å². The molecule has 0 aliphatic rings. The van der Waals surface area contributed by atoms with Crippen LogP contribution in [0.1, 0.15) is 25.2 Å². The fraction of sp³-hybridized carbons (Fsp3) is 0.438. The molecule has 27 heavy (non-hydrogen) atoms. The first kappa shape index (κ1) is 18.6. The quantitative estimate of drug-likeness (QED) is 0.567. The number of aromatic nitrogens is 8. The molecule has 0 radical (unpaired) electrons. The normalized spacial score (nSPS) is 11.3. The van der Waals surface area contributed by atoms with Gasteiger partial charge in [-0.1, -0.05) is 18.2 Å². The Bertz CT molecular complexity index is 873. The Kier molecular flexibility index (Phi) is 5.81. The van der Waals surface area contributed by atoms with E-state index in [1.165, 1.54) is 4.68 Å². The molecule has 0 unspecified atom stereocenters. The summed E-state index contributed by atoms with van der Waals surface area (Å²) in [5.74, 6) is 0.997. The molecule has 0 aliphatic heterocycles. The summed E-state index contributed by atoms with van der Waals surface area (Å²) in [5, 5.41) is 28.4. The van der Waals surface area contributed by atoms with E-state index in [9.17, 15) is 4.79 Å². The smallest absolute Gasteiger partial charge is 0.242 e. The molecule has 0 fully saturated rings. The summed E-state index contributed by atoms with van der Waals surface area (Å²) in [6.45, 7) is 5.20. The lowest BCUT2D eigenvalue weighted by Crippen LogP contribution is -2.31. The number of carbonyl (C=O) groups excluding carboxylic acids is 1. The van der Waals surface area contributed by atoms with Crippen molar-refractivity contribution in [2.45, 2.75) is 39.5 Å². The molecule has 3 aromatic rings. The number of H-pyrrole nitrogens is 1. The van der Waals surface area contributed by atoms with E-state index in [1.807, 2.05) is 31.3 Å². The molecule has 2 heterocycles. The summed E-state index contributed by atoms with van der Waals surface area (Å²) in [6, 6.07) is 7.95. The van der Waals surface area contributed by atoms with Gasteiger partial charge in [0, 0.05) is 18.2 Å². The molecule has 2 aromatic heterocycles. The highest BCUT2D eigenvalue weighted by atomic mass is 16.2. The summed E-state index contributed by atoms with van der Waals surface area (Å²) >= 11 is 0. The van der Waals surface area contributed by atoms with Crippen LogP contribution in [-0.4, -0.2) is 64.7 Å². The van der Waals surface area contributed by atoms with E-state index in [0.717, 1.165) is 11.1 Å². The number of hydrogen-bond acceptors (Lipinski definition) is 8. The Labute approximate surface area is 156 Å². The van der Waals surface area contributed by atoms with E-state index in [0.29, 0.717) is 30.8 Å². The Morgan fingerprint density at radius 2 is 2.19 bits per heavy atom. The summed E-state index contributed by atoms with van der Waals surface area (Å²) in [4.78, 5) is 14.4. The molecule has 0 aliphatic carbocycles. The zero-order valence-electron chi connectivity index (χ0n) is 15.5. The number of aromatic amines is 1. The number of hydrogen-bond donors (Lipinski definition) is 2. The Balaban J connectivity index is 1.57. The molecule has 0 saturated heterocycles. The van der Waals surface area contributed by atoms with Crippen molar-refractivity contribution in [3.8, 4) is 11.4 Å². The lowest BCUT2D eigenvalue weighted by atomic mass is 10.1. The van der Waals surface area contributed by atoms with Gasteiger partial charge >= 0.3 is 0 Å². The molecule has 142 valence electrons. The molecular weight excluding hydrogens is 348 g/mol. The van der Waals surface area contributed by atoms with Gasteiger partial charge in [0.2, 0.25) is 11.7 Å². The highest BCUT2D eigenvalue weighted by Gasteiger charge is 2.14. The Morgan fingerprint density at radius 1 is 1.33 bits per heavy atom. The molecule has 1 amide bonds. The number of carbonyl (C=O) groups is 1. The maximum atomic E-state index is 12.3. The molecular formula is C16H22N10O. The maximum Gasteiger partial charge on any atom is 0.242 e. The van der Waals surface area contributed by atoms with Crippen LogP contribution < -0.4 is 5.32 Å². The summed E-state index contributed by atoms with van der Waals surface area (Å²) in [7, 11) is 1.99. The van der Waals surface area contributed by atoms with Crippen LogP contribution in [0.3, 0.4) is 0 Å². The van der Waals surface area contributed by atoms with Crippen LogP contribution in [0.4, 0.5) is 0 Å². The standard InChI is InChI=1S/C16H22N10O/c1-11(2)25(3)9-14-18-23-24-26(14)10-15(27)17-8-12-5-4-6-13(7-12)16-19-21-22-20-16/h4-7,11H,8-10H2,1-3H3,(H,17,27)(H,19,20,21,22). The molecule has 11 nitrogen and oxygen atoms in total. The van der Waals surface area contributed by atoms with Crippen LogP contribution in [0, 0.1) is 0 Å². The summed E-state index contributed by atoms with van der Waals surface area (Å²) < 4.78 is 1.52. The van der Waals surface area contributed by atoms with Gasteiger partial charge < -0.3 is 5.32 Å². The number of benzene rings is 1. The van der Waals surface area contributed by atoms with Crippen LogP contribution in [0.25, 0.3) is 11.4 Å². The van der Waals surface area contributed by atoms with Gasteiger partial charge in [-0.3, -0.25) is 9.69 Å². The van der Waals surface area contributed by atoms with Crippen molar-refractivity contribution in [3.63, 3.8) is 0 Å². The van der Waals surface area contributed by atoms with Crippen molar-refractivity contribution in [2.24, 2.45) is 0 Å². The van der Waals surface area contributed by atoms with Gasteiger partial charge in [0.1, 0.15) is 6.54 Å². The predicted octanol–water partition coefficient (Wildman–Crippen LogP) is 0.00980. The summed E-state index contributed by atoms with van der Waals surface area (Å²) in [5.41, 5.74) is 1.76. The second-order valence-electron chi connectivity index (χ2n) is 6.47. The first-order chi connectivity index (χ1) is 13.0. The maximum absolute atomic E-state index is 12.3. The average molecular weight is 370 g/mol. The number of nitrogens with one attached hydrogen (secondary N) is 2. The number of rotatable bonds is 8. The molecule has 3 rings (SSSR count). The van der Waals surface area contributed by atoms with Crippen molar-refractivity contribution < 1.29 is 4.79 Å². The third-order valence-electron chi connectivity index (χ3n) is 4.19. The van der Waals surface area contributed by atoms with E-state index in [2.05, 4.69) is 60.2 Å². The van der Waals surface area contributed by atoms with Gasteiger partial charge in [-0.05, 0) is 48.2 Å². The monoisotopic (exact) mass is 370 g/mol. The summed E-state index contributed by atoms with van der Waals surface area (Å²) in [6.07, 6.45) is 0. The van der Waals surface area contributed by atoms with E-state index in [4.69, 9.17) is 0 Å². The van der Waals surface area contributed by atoms with Crippen molar-refractivity contribution in [2.75, 3.05) is 7.05 Å². The van der Waals surface area contributed by atoms with Crippen molar-refractivity contribution in [1.29, 1.82) is 0 Å². The SMILES string of the molecule is CC(C)N(C)Cc1nnnn1CC(=O)NCc1cccc(-c2nn[nH]n2)c1. The van der Waals surface area contributed by atoms with E-state index in [-0.39, 0.29) is 12.5 Å². The minimum atomic E-state index is -0.166. The molecule has 0 bridgehead atoms. The first-order valence-electron chi connectivity index (χ1n) is 8.57. The van der Waals surface area contributed by atoms with Crippen LogP contribution in [0.2, 0.25) is 0 Å². The van der Waals surface area contributed by atoms with Crippen molar-refractivity contribution in [1.82, 2.24) is 51.0 Å². The fourth-order valence-corrected chi connectivity index (χ4v) is 2.36. The minimum absolute atomic E-state index is 0.0683. The van der Waals surface area contributed by atoms with Crippen LogP contribution >= 0.6 is 0 Å². The Hall–Kier alpha value is -3.21. The van der Waals surface area contributed by atoms with Gasteiger partial charge in [-0.25, -0.2) is 4.68 Å². The van der Waals surface area contributed by atoms with Crippen LogP contribution in [-0.2, 0) is 24.4 Å². The van der Waals surface area contributed by atoms with Gasteiger partial charge in [0.15, 0.2) is 5.82 Å². The second kappa shape index (κ2) is 8.45. The molecule has 2 N–H and O–H groups in total. The highest BCUT2D eigenvalue weighted by Crippen LogP contribution is 2.14. The van der Waals surface area contributed by atoms with Crippen LogP contribution in [0.15, 0.2) is 24.3 Å². The van der Waals surface area contributed by atoms with Gasteiger partial charge in [0.05, 0.1) is 6.54 Å². The van der Waals surface area contributed by atoms with Gasteiger partial charge in [-0.15, -0.1) is 15.3 Å². The Morgan fingerprint density at radius 3 is 2.93 bits per heavy atom. The molecule has 0 saturated carbocycles. The fourth-order valence-electron chi connectivity index (χ4n) is 2.36. The zero-order chi connectivity index (χ0) is 19.2. The number of tetrazole rings is 2. The topological polar surface area (TPSA) is 130 Å². The lowest BCUT2D eigenvalue weighted by Gasteiger charge is -2.19. The van der Waals surface area contributed by atoms with E-state index < -0.39 is 0 Å². The number of nitrogens with zero attached hydrogens (tertiary/aromatic N) is 8. The number of amides is 1. The zero-order valence-corrected chi connectivity index (χ0v) is 15.5. The van der Waals surface area contributed by atoms with Crippen LogP contribution in [0.5, 0.6) is 0 Å². The first-order valence-corrected chi connectivity index (χ1v) is 8.57. The molecule has 11 heteroatoms. The van der Waals surface area contributed by atoms with E-state index >= 15 is 0 Å². The lowest BCUT2D eigenvalue weighted by molar-refractivity contribution is -0.122. The van der Waals surface area contributed by atoms with Crippen molar-refractivity contribution in [3.05, 3.63) is 35.7 Å².